The standard InChI is InChI=1S/C14H12F3NO/c1-2-3-4-5-6-13(19)18-12-9-7-11(8-10-12)14(15,16)17/h1,5-10H,3-4H2,(H,18,19). The fourth-order valence-corrected chi connectivity index (χ4v) is 1.28. The van der Waals surface area contributed by atoms with Gasteiger partial charge in [0, 0.05) is 12.1 Å². The number of carbonyl (C=O) groups excluding carboxylic acids is 1. The molecule has 0 bridgehead atoms. The van der Waals surface area contributed by atoms with Crippen molar-refractivity contribution < 1.29 is 18.0 Å². The number of nitrogens with one attached hydrogen (secondary N) is 1. The second-order valence-electron chi connectivity index (χ2n) is 3.71. The molecule has 0 fully saturated rings. The van der Waals surface area contributed by atoms with Crippen LogP contribution in [0.25, 0.3) is 0 Å². The van der Waals surface area contributed by atoms with Crippen LogP contribution in [0.4, 0.5) is 18.9 Å². The lowest BCUT2D eigenvalue weighted by molar-refractivity contribution is -0.137. The summed E-state index contributed by atoms with van der Waals surface area (Å²) in [5.74, 6) is 2.02. The number of rotatable bonds is 4. The van der Waals surface area contributed by atoms with Gasteiger partial charge in [-0.15, -0.1) is 12.3 Å². The van der Waals surface area contributed by atoms with Crippen molar-refractivity contribution in [1.82, 2.24) is 0 Å². The number of carbonyl (C=O) groups is 1. The normalized spacial score (nSPS) is 11.3. The number of anilines is 1. The summed E-state index contributed by atoms with van der Waals surface area (Å²) in [6.45, 7) is 0. The molecule has 19 heavy (non-hydrogen) atoms. The van der Waals surface area contributed by atoms with Crippen molar-refractivity contribution in [2.75, 3.05) is 5.32 Å². The highest BCUT2D eigenvalue weighted by Gasteiger charge is 2.29. The van der Waals surface area contributed by atoms with E-state index in [-0.39, 0.29) is 0 Å². The van der Waals surface area contributed by atoms with E-state index in [4.69, 9.17) is 6.42 Å². The summed E-state index contributed by atoms with van der Waals surface area (Å²) in [5.41, 5.74) is -0.449. The van der Waals surface area contributed by atoms with Crippen LogP contribution in [0.1, 0.15) is 18.4 Å². The smallest absolute Gasteiger partial charge is 0.323 e. The molecule has 0 saturated carbocycles. The Kier molecular flexibility index (Phi) is 5.19. The summed E-state index contributed by atoms with van der Waals surface area (Å²) in [6, 6.07) is 4.24. The largest absolute Gasteiger partial charge is 0.416 e. The Bertz CT molecular complexity index is 495. The molecule has 5 heteroatoms. The molecule has 100 valence electrons. The molecule has 0 saturated heterocycles. The molecule has 1 N–H and O–H groups in total. The number of amides is 1. The molecule has 1 rings (SSSR count). The highest BCUT2D eigenvalue weighted by molar-refractivity contribution is 5.99. The molecule has 0 aliphatic rings. The van der Waals surface area contributed by atoms with Gasteiger partial charge in [-0.3, -0.25) is 4.79 Å². The molecule has 0 atom stereocenters. The lowest BCUT2D eigenvalue weighted by atomic mass is 10.2. The molecular weight excluding hydrogens is 255 g/mol. The monoisotopic (exact) mass is 267 g/mol. The Morgan fingerprint density at radius 1 is 1.32 bits per heavy atom. The van der Waals surface area contributed by atoms with Gasteiger partial charge in [0.05, 0.1) is 5.56 Å². The maximum atomic E-state index is 12.3. The van der Waals surface area contributed by atoms with Gasteiger partial charge in [-0.1, -0.05) is 6.08 Å². The van der Waals surface area contributed by atoms with Crippen LogP contribution in [-0.4, -0.2) is 5.91 Å². The number of hydrogen-bond donors (Lipinski definition) is 1. The minimum absolute atomic E-state index is 0.305. The second kappa shape index (κ2) is 6.64. The van der Waals surface area contributed by atoms with Crippen molar-refractivity contribution in [2.24, 2.45) is 0 Å². The van der Waals surface area contributed by atoms with E-state index >= 15 is 0 Å². The molecule has 1 aromatic carbocycles. The van der Waals surface area contributed by atoms with E-state index in [0.717, 1.165) is 12.1 Å². The zero-order chi connectivity index (χ0) is 14.3. The fraction of sp³-hybridized carbons (Fsp3) is 0.214. The molecule has 0 unspecified atom stereocenters. The van der Waals surface area contributed by atoms with Crippen LogP contribution in [-0.2, 0) is 11.0 Å². The van der Waals surface area contributed by atoms with Crippen LogP contribution in [0.5, 0.6) is 0 Å². The van der Waals surface area contributed by atoms with E-state index in [1.807, 2.05) is 0 Å². The summed E-state index contributed by atoms with van der Waals surface area (Å²) in [7, 11) is 0. The number of hydrogen-bond acceptors (Lipinski definition) is 1. The van der Waals surface area contributed by atoms with E-state index in [0.29, 0.717) is 18.5 Å². The van der Waals surface area contributed by atoms with E-state index < -0.39 is 17.6 Å². The number of unbranched alkanes of at least 4 members (excludes halogenated alkanes) is 1. The minimum atomic E-state index is -4.38. The maximum Gasteiger partial charge on any atom is 0.416 e. The summed E-state index contributed by atoms with van der Waals surface area (Å²) in [4.78, 5) is 11.4. The number of benzene rings is 1. The van der Waals surface area contributed by atoms with Gasteiger partial charge >= 0.3 is 6.18 Å². The van der Waals surface area contributed by atoms with Gasteiger partial charge in [0.1, 0.15) is 0 Å². The zero-order valence-corrected chi connectivity index (χ0v) is 10.00. The summed E-state index contributed by atoms with van der Waals surface area (Å²) < 4.78 is 36.9. The molecule has 0 aliphatic heterocycles. The van der Waals surface area contributed by atoms with Gasteiger partial charge in [0.2, 0.25) is 5.91 Å². The van der Waals surface area contributed by atoms with E-state index in [2.05, 4.69) is 11.2 Å². The van der Waals surface area contributed by atoms with Crippen LogP contribution >= 0.6 is 0 Å². The maximum absolute atomic E-state index is 12.3. The number of terminal acetylenes is 1. The van der Waals surface area contributed by atoms with Gasteiger partial charge in [-0.2, -0.15) is 13.2 Å². The molecule has 0 radical (unpaired) electrons. The third-order valence-electron chi connectivity index (χ3n) is 2.20. The van der Waals surface area contributed by atoms with Gasteiger partial charge in [-0.05, 0) is 36.8 Å². The van der Waals surface area contributed by atoms with Crippen molar-refractivity contribution >= 4 is 11.6 Å². The van der Waals surface area contributed by atoms with Crippen molar-refractivity contribution in [3.8, 4) is 12.3 Å². The van der Waals surface area contributed by atoms with Gasteiger partial charge in [0.25, 0.3) is 0 Å². The summed E-state index contributed by atoms with van der Waals surface area (Å²) in [6.07, 6.45) is 4.69. The van der Waals surface area contributed by atoms with Gasteiger partial charge in [0.15, 0.2) is 0 Å². The molecule has 2 nitrogen and oxygen atoms in total. The summed E-state index contributed by atoms with van der Waals surface area (Å²) in [5, 5.41) is 2.45. The average Bonchev–Trinajstić information content (AvgIpc) is 2.34. The van der Waals surface area contributed by atoms with Crippen LogP contribution in [0.2, 0.25) is 0 Å². The predicted molar refractivity (Wildman–Crippen MR) is 67.3 cm³/mol. The Morgan fingerprint density at radius 2 is 1.95 bits per heavy atom. The quantitative estimate of drug-likeness (QED) is 0.504. The molecule has 0 aromatic heterocycles. The van der Waals surface area contributed by atoms with Crippen molar-refractivity contribution in [3.05, 3.63) is 42.0 Å². The van der Waals surface area contributed by atoms with Crippen molar-refractivity contribution in [1.29, 1.82) is 0 Å². The number of halogens is 3. The Labute approximate surface area is 109 Å². The fourth-order valence-electron chi connectivity index (χ4n) is 1.28. The molecule has 0 spiro atoms. The lowest BCUT2D eigenvalue weighted by Crippen LogP contribution is -2.09. The lowest BCUT2D eigenvalue weighted by Gasteiger charge is -2.07. The predicted octanol–water partition coefficient (Wildman–Crippen LogP) is 3.61. The molecule has 1 amide bonds. The first kappa shape index (κ1) is 14.8. The van der Waals surface area contributed by atoms with Crippen molar-refractivity contribution in [2.45, 2.75) is 19.0 Å². The zero-order valence-electron chi connectivity index (χ0n) is 10.00. The first-order valence-corrected chi connectivity index (χ1v) is 5.51. The Balaban J connectivity index is 2.57. The molecule has 0 heterocycles. The van der Waals surface area contributed by atoms with Gasteiger partial charge in [-0.25, -0.2) is 0 Å². The number of alkyl halides is 3. The Hall–Kier alpha value is -2.22. The second-order valence-corrected chi connectivity index (χ2v) is 3.71. The molecular formula is C14H12F3NO. The third kappa shape index (κ3) is 5.30. The van der Waals surface area contributed by atoms with Crippen LogP contribution < -0.4 is 5.32 Å². The minimum Gasteiger partial charge on any atom is -0.323 e. The molecule has 0 aliphatic carbocycles. The van der Waals surface area contributed by atoms with Crippen LogP contribution in [0, 0.1) is 12.3 Å². The average molecular weight is 267 g/mol. The number of allylic oxidation sites excluding steroid dienone is 1. The Morgan fingerprint density at radius 3 is 2.47 bits per heavy atom. The van der Waals surface area contributed by atoms with E-state index in [9.17, 15) is 18.0 Å². The van der Waals surface area contributed by atoms with Crippen LogP contribution in [0.15, 0.2) is 36.4 Å². The first-order valence-electron chi connectivity index (χ1n) is 5.51. The van der Waals surface area contributed by atoms with E-state index in [1.165, 1.54) is 18.2 Å². The van der Waals surface area contributed by atoms with Crippen molar-refractivity contribution in [3.63, 3.8) is 0 Å². The van der Waals surface area contributed by atoms with Crippen LogP contribution in [0.3, 0.4) is 0 Å². The summed E-state index contributed by atoms with van der Waals surface area (Å²) >= 11 is 0. The van der Waals surface area contributed by atoms with Gasteiger partial charge < -0.3 is 5.32 Å². The SMILES string of the molecule is C#CCCC=CC(=O)Nc1ccc(C(F)(F)F)cc1. The van der Waals surface area contributed by atoms with E-state index in [1.54, 1.807) is 6.08 Å². The highest BCUT2D eigenvalue weighted by atomic mass is 19.4. The topological polar surface area (TPSA) is 29.1 Å². The first-order chi connectivity index (χ1) is 8.93. The third-order valence-corrected chi connectivity index (χ3v) is 2.20. The highest BCUT2D eigenvalue weighted by Crippen LogP contribution is 2.29. The molecule has 1 aromatic rings.